The van der Waals surface area contributed by atoms with Crippen LogP contribution in [0.5, 0.6) is 0 Å². The molecule has 2 atom stereocenters. The van der Waals surface area contributed by atoms with E-state index in [1.165, 1.54) is 6.42 Å². The van der Waals surface area contributed by atoms with Crippen LogP contribution in [0.25, 0.3) is 0 Å². The molecule has 16 heavy (non-hydrogen) atoms. The summed E-state index contributed by atoms with van der Waals surface area (Å²) in [6.45, 7) is 7.04. The van der Waals surface area contributed by atoms with Crippen molar-refractivity contribution in [1.82, 2.24) is 4.98 Å². The molecule has 1 fully saturated rings. The molecule has 0 bridgehead atoms. The standard InChI is InChI=1S/C13H18N2O/c1-9-7-10(2)15(8-9)13-12(11(3)16)5-4-6-14-13/h4-6,9-10H,7-8H2,1-3H3. The van der Waals surface area contributed by atoms with Gasteiger partial charge in [0.1, 0.15) is 5.82 Å². The maximum atomic E-state index is 11.5. The van der Waals surface area contributed by atoms with Crippen molar-refractivity contribution < 1.29 is 4.79 Å². The van der Waals surface area contributed by atoms with E-state index in [0.717, 1.165) is 17.9 Å². The summed E-state index contributed by atoms with van der Waals surface area (Å²) in [5.74, 6) is 1.62. The normalized spacial score (nSPS) is 24.8. The van der Waals surface area contributed by atoms with Crippen molar-refractivity contribution >= 4 is 11.6 Å². The largest absolute Gasteiger partial charge is 0.353 e. The minimum absolute atomic E-state index is 0.0925. The van der Waals surface area contributed by atoms with E-state index < -0.39 is 0 Å². The molecule has 0 aromatic carbocycles. The first kappa shape index (κ1) is 11.1. The molecule has 3 nitrogen and oxygen atoms in total. The van der Waals surface area contributed by atoms with Crippen LogP contribution in [-0.4, -0.2) is 23.4 Å². The first-order valence-corrected chi connectivity index (χ1v) is 5.82. The molecule has 0 saturated carbocycles. The Bertz CT molecular complexity index is 403. The Morgan fingerprint density at radius 2 is 2.25 bits per heavy atom. The summed E-state index contributed by atoms with van der Waals surface area (Å²) < 4.78 is 0. The van der Waals surface area contributed by atoms with Crippen LogP contribution in [0, 0.1) is 5.92 Å². The number of hydrogen-bond acceptors (Lipinski definition) is 3. The Morgan fingerprint density at radius 3 is 2.81 bits per heavy atom. The monoisotopic (exact) mass is 218 g/mol. The molecule has 1 aliphatic rings. The van der Waals surface area contributed by atoms with Gasteiger partial charge in [0.15, 0.2) is 5.78 Å². The molecule has 1 saturated heterocycles. The molecular weight excluding hydrogens is 200 g/mol. The van der Waals surface area contributed by atoms with E-state index in [1.807, 2.05) is 12.1 Å². The van der Waals surface area contributed by atoms with Crippen LogP contribution in [0.15, 0.2) is 18.3 Å². The Hall–Kier alpha value is -1.38. The lowest BCUT2D eigenvalue weighted by molar-refractivity contribution is 0.101. The lowest BCUT2D eigenvalue weighted by Crippen LogP contribution is -2.29. The van der Waals surface area contributed by atoms with Crippen molar-refractivity contribution in [3.63, 3.8) is 0 Å². The summed E-state index contributed by atoms with van der Waals surface area (Å²) in [4.78, 5) is 18.2. The summed E-state index contributed by atoms with van der Waals surface area (Å²) in [6.07, 6.45) is 2.94. The average Bonchev–Trinajstić information content (AvgIpc) is 2.57. The minimum atomic E-state index is 0.0925. The molecular formula is C13H18N2O. The number of ketones is 1. The molecule has 2 rings (SSSR count). The van der Waals surface area contributed by atoms with Crippen LogP contribution in [0.1, 0.15) is 37.6 Å². The fourth-order valence-electron chi connectivity index (χ4n) is 2.50. The lowest BCUT2D eigenvalue weighted by atomic mass is 10.1. The lowest BCUT2D eigenvalue weighted by Gasteiger charge is -2.24. The highest BCUT2D eigenvalue weighted by molar-refractivity contribution is 5.98. The van der Waals surface area contributed by atoms with Crippen molar-refractivity contribution in [2.24, 2.45) is 5.92 Å². The van der Waals surface area contributed by atoms with Gasteiger partial charge in [-0.25, -0.2) is 4.98 Å². The van der Waals surface area contributed by atoms with E-state index in [9.17, 15) is 4.79 Å². The zero-order valence-electron chi connectivity index (χ0n) is 10.1. The summed E-state index contributed by atoms with van der Waals surface area (Å²) in [6, 6.07) is 4.16. The smallest absolute Gasteiger partial charge is 0.163 e. The Kier molecular flexibility index (Phi) is 2.95. The number of rotatable bonds is 2. The van der Waals surface area contributed by atoms with E-state index >= 15 is 0 Å². The first-order chi connectivity index (χ1) is 7.59. The summed E-state index contributed by atoms with van der Waals surface area (Å²) in [7, 11) is 0. The molecule has 1 aliphatic heterocycles. The van der Waals surface area contributed by atoms with Crippen LogP contribution in [-0.2, 0) is 0 Å². The molecule has 0 spiro atoms. The van der Waals surface area contributed by atoms with Crippen LogP contribution in [0.3, 0.4) is 0 Å². The Morgan fingerprint density at radius 1 is 1.50 bits per heavy atom. The third kappa shape index (κ3) is 1.94. The molecule has 2 unspecified atom stereocenters. The van der Waals surface area contributed by atoms with Gasteiger partial charge in [-0.1, -0.05) is 6.92 Å². The van der Waals surface area contributed by atoms with Gasteiger partial charge in [0.25, 0.3) is 0 Å². The molecule has 1 aromatic rings. The fraction of sp³-hybridized carbons (Fsp3) is 0.538. The van der Waals surface area contributed by atoms with Gasteiger partial charge in [0.2, 0.25) is 0 Å². The highest BCUT2D eigenvalue weighted by Crippen LogP contribution is 2.29. The van der Waals surface area contributed by atoms with Crippen molar-refractivity contribution in [2.75, 3.05) is 11.4 Å². The average molecular weight is 218 g/mol. The highest BCUT2D eigenvalue weighted by Gasteiger charge is 2.29. The number of anilines is 1. The number of Topliss-reactive ketones (excluding diaryl/α,β-unsaturated/α-hetero) is 1. The van der Waals surface area contributed by atoms with Gasteiger partial charge in [-0.2, -0.15) is 0 Å². The van der Waals surface area contributed by atoms with Crippen molar-refractivity contribution in [3.8, 4) is 0 Å². The predicted molar refractivity (Wildman–Crippen MR) is 64.8 cm³/mol. The number of hydrogen-bond donors (Lipinski definition) is 0. The molecule has 0 radical (unpaired) electrons. The van der Waals surface area contributed by atoms with Crippen molar-refractivity contribution in [2.45, 2.75) is 33.2 Å². The van der Waals surface area contributed by atoms with Gasteiger partial charge in [-0.15, -0.1) is 0 Å². The van der Waals surface area contributed by atoms with E-state index in [-0.39, 0.29) is 5.78 Å². The van der Waals surface area contributed by atoms with Crippen LogP contribution in [0.4, 0.5) is 5.82 Å². The zero-order valence-corrected chi connectivity index (χ0v) is 10.1. The number of carbonyl (C=O) groups is 1. The van der Waals surface area contributed by atoms with E-state index in [4.69, 9.17) is 0 Å². The number of pyridine rings is 1. The molecule has 86 valence electrons. The SMILES string of the molecule is CC(=O)c1cccnc1N1CC(C)CC1C. The highest BCUT2D eigenvalue weighted by atomic mass is 16.1. The van der Waals surface area contributed by atoms with Gasteiger partial charge in [0.05, 0.1) is 5.56 Å². The predicted octanol–water partition coefficient (Wildman–Crippen LogP) is 2.52. The van der Waals surface area contributed by atoms with Gasteiger partial charge in [0, 0.05) is 18.8 Å². The van der Waals surface area contributed by atoms with Gasteiger partial charge >= 0.3 is 0 Å². The molecule has 2 heterocycles. The summed E-state index contributed by atoms with van der Waals surface area (Å²) in [5.41, 5.74) is 0.739. The second-order valence-corrected chi connectivity index (χ2v) is 4.77. The van der Waals surface area contributed by atoms with E-state index in [0.29, 0.717) is 12.0 Å². The topological polar surface area (TPSA) is 33.2 Å². The van der Waals surface area contributed by atoms with Crippen molar-refractivity contribution in [1.29, 1.82) is 0 Å². The molecule has 0 amide bonds. The Balaban J connectivity index is 2.36. The van der Waals surface area contributed by atoms with E-state index in [1.54, 1.807) is 13.1 Å². The van der Waals surface area contributed by atoms with Crippen LogP contribution >= 0.6 is 0 Å². The number of aromatic nitrogens is 1. The zero-order chi connectivity index (χ0) is 11.7. The third-order valence-corrected chi connectivity index (χ3v) is 3.22. The summed E-state index contributed by atoms with van der Waals surface area (Å²) in [5, 5.41) is 0. The quantitative estimate of drug-likeness (QED) is 0.715. The van der Waals surface area contributed by atoms with Crippen LogP contribution in [0.2, 0.25) is 0 Å². The van der Waals surface area contributed by atoms with E-state index in [2.05, 4.69) is 23.7 Å². The molecule has 0 N–H and O–H groups in total. The third-order valence-electron chi connectivity index (χ3n) is 3.22. The second-order valence-electron chi connectivity index (χ2n) is 4.77. The first-order valence-electron chi connectivity index (χ1n) is 5.82. The minimum Gasteiger partial charge on any atom is -0.353 e. The molecule has 3 heteroatoms. The maximum Gasteiger partial charge on any atom is 0.163 e. The number of carbonyl (C=O) groups excluding carboxylic acids is 1. The number of nitrogens with zero attached hydrogens (tertiary/aromatic N) is 2. The Labute approximate surface area is 96.5 Å². The molecule has 0 aliphatic carbocycles. The van der Waals surface area contributed by atoms with Gasteiger partial charge < -0.3 is 4.90 Å². The second kappa shape index (κ2) is 4.24. The summed E-state index contributed by atoms with van der Waals surface area (Å²) >= 11 is 0. The fourth-order valence-corrected chi connectivity index (χ4v) is 2.50. The van der Waals surface area contributed by atoms with Crippen LogP contribution < -0.4 is 4.90 Å². The van der Waals surface area contributed by atoms with Gasteiger partial charge in [-0.3, -0.25) is 4.79 Å². The maximum absolute atomic E-state index is 11.5. The molecule has 1 aromatic heterocycles. The van der Waals surface area contributed by atoms with Crippen molar-refractivity contribution in [3.05, 3.63) is 23.9 Å². The van der Waals surface area contributed by atoms with Gasteiger partial charge in [-0.05, 0) is 38.3 Å².